The van der Waals surface area contributed by atoms with Crippen LogP contribution in [0.4, 0.5) is 0 Å². The number of hydrazone groups is 1. The van der Waals surface area contributed by atoms with Crippen molar-refractivity contribution >= 4 is 12.1 Å². The normalized spacial score (nSPS) is 10.8. The number of hydrogen-bond acceptors (Lipinski definition) is 4. The summed E-state index contributed by atoms with van der Waals surface area (Å²) >= 11 is 0. The Hall–Kier alpha value is -2.04. The molecule has 1 aromatic carbocycles. The van der Waals surface area contributed by atoms with Crippen LogP contribution in [0.2, 0.25) is 0 Å². The Kier molecular flexibility index (Phi) is 4.51. The summed E-state index contributed by atoms with van der Waals surface area (Å²) in [6.45, 7) is 3.57. The van der Waals surface area contributed by atoms with Crippen molar-refractivity contribution in [1.82, 2.24) is 5.43 Å². The number of amides is 1. The van der Waals surface area contributed by atoms with Crippen molar-refractivity contribution in [1.29, 1.82) is 0 Å². The molecule has 0 radical (unpaired) electrons. The maximum absolute atomic E-state index is 11.2. The zero-order chi connectivity index (χ0) is 12.8. The Labute approximate surface area is 100 Å². The second kappa shape index (κ2) is 5.89. The smallest absolute Gasteiger partial charge is 0.242 e. The van der Waals surface area contributed by atoms with E-state index in [4.69, 9.17) is 4.74 Å². The van der Waals surface area contributed by atoms with Crippen LogP contribution in [0.1, 0.15) is 19.4 Å². The highest BCUT2D eigenvalue weighted by Gasteiger charge is 2.04. The number of methoxy groups -OCH3 is 1. The van der Waals surface area contributed by atoms with Crippen molar-refractivity contribution in [2.75, 3.05) is 7.11 Å². The van der Waals surface area contributed by atoms with Gasteiger partial charge >= 0.3 is 0 Å². The molecule has 0 heterocycles. The maximum Gasteiger partial charge on any atom is 0.242 e. The van der Waals surface area contributed by atoms with Gasteiger partial charge < -0.3 is 9.84 Å². The maximum atomic E-state index is 11.2. The highest BCUT2D eigenvalue weighted by Crippen LogP contribution is 2.25. The average Bonchev–Trinajstić information content (AvgIpc) is 2.31. The number of phenolic OH excluding ortho intramolecular Hbond substituents is 1. The Morgan fingerprint density at radius 2 is 2.24 bits per heavy atom. The van der Waals surface area contributed by atoms with Crippen LogP contribution < -0.4 is 10.2 Å². The molecule has 1 amide bonds. The van der Waals surface area contributed by atoms with E-state index in [-0.39, 0.29) is 17.6 Å². The fourth-order valence-electron chi connectivity index (χ4n) is 1.07. The van der Waals surface area contributed by atoms with Gasteiger partial charge in [-0.3, -0.25) is 4.79 Å². The molecule has 0 aliphatic carbocycles. The highest BCUT2D eigenvalue weighted by atomic mass is 16.5. The molecule has 5 nitrogen and oxygen atoms in total. The molecule has 0 aromatic heterocycles. The van der Waals surface area contributed by atoms with Gasteiger partial charge in [0.2, 0.25) is 5.91 Å². The van der Waals surface area contributed by atoms with E-state index in [1.54, 1.807) is 26.0 Å². The van der Waals surface area contributed by atoms with E-state index >= 15 is 0 Å². The van der Waals surface area contributed by atoms with Crippen molar-refractivity contribution in [2.24, 2.45) is 11.0 Å². The Bertz CT molecular complexity index is 428. The fourth-order valence-corrected chi connectivity index (χ4v) is 1.07. The molecule has 0 fully saturated rings. The van der Waals surface area contributed by atoms with Crippen molar-refractivity contribution in [3.8, 4) is 11.5 Å². The van der Waals surface area contributed by atoms with Gasteiger partial charge in [0.1, 0.15) is 0 Å². The minimum absolute atomic E-state index is 0.0656. The molecular weight excluding hydrogens is 220 g/mol. The molecule has 0 bridgehead atoms. The Morgan fingerprint density at radius 3 is 2.82 bits per heavy atom. The molecule has 1 rings (SSSR count). The SMILES string of the molecule is COc1cc(/C=N\NC(=O)C(C)C)ccc1O. The number of benzene rings is 1. The van der Waals surface area contributed by atoms with Gasteiger partial charge in [-0.05, 0) is 23.8 Å². The van der Waals surface area contributed by atoms with Gasteiger partial charge in [0.15, 0.2) is 11.5 Å². The number of phenols is 1. The molecule has 0 unspecified atom stereocenters. The van der Waals surface area contributed by atoms with Crippen molar-refractivity contribution < 1.29 is 14.6 Å². The van der Waals surface area contributed by atoms with Crippen molar-refractivity contribution in [3.63, 3.8) is 0 Å². The van der Waals surface area contributed by atoms with Crippen LogP contribution in [0.15, 0.2) is 23.3 Å². The standard InChI is InChI=1S/C12H16N2O3/c1-8(2)12(16)14-13-7-9-4-5-10(15)11(6-9)17-3/h4-8,15H,1-3H3,(H,14,16)/b13-7-. The molecule has 0 atom stereocenters. The molecule has 92 valence electrons. The number of carbonyl (C=O) groups is 1. The summed E-state index contributed by atoms with van der Waals surface area (Å²) in [5, 5.41) is 13.2. The van der Waals surface area contributed by atoms with Gasteiger partial charge in [-0.15, -0.1) is 0 Å². The predicted octanol–water partition coefficient (Wildman–Crippen LogP) is 1.51. The monoisotopic (exact) mass is 236 g/mol. The number of hydrogen-bond donors (Lipinski definition) is 2. The van der Waals surface area contributed by atoms with E-state index in [9.17, 15) is 9.90 Å². The average molecular weight is 236 g/mol. The minimum Gasteiger partial charge on any atom is -0.504 e. The number of nitrogens with one attached hydrogen (secondary N) is 1. The lowest BCUT2D eigenvalue weighted by atomic mass is 10.2. The summed E-state index contributed by atoms with van der Waals surface area (Å²) in [5.74, 6) is 0.175. The lowest BCUT2D eigenvalue weighted by molar-refractivity contribution is -0.123. The van der Waals surface area contributed by atoms with E-state index in [0.717, 1.165) is 5.56 Å². The second-order valence-corrected chi connectivity index (χ2v) is 3.82. The molecule has 17 heavy (non-hydrogen) atoms. The first-order valence-electron chi connectivity index (χ1n) is 5.24. The van der Waals surface area contributed by atoms with Crippen LogP contribution in [0.25, 0.3) is 0 Å². The van der Waals surface area contributed by atoms with Crippen LogP contribution >= 0.6 is 0 Å². The first kappa shape index (κ1) is 13.0. The lowest BCUT2D eigenvalue weighted by Gasteiger charge is -2.04. The van der Waals surface area contributed by atoms with Crippen molar-refractivity contribution in [3.05, 3.63) is 23.8 Å². The quantitative estimate of drug-likeness (QED) is 0.615. The van der Waals surface area contributed by atoms with Gasteiger partial charge in [0.05, 0.1) is 13.3 Å². The highest BCUT2D eigenvalue weighted by molar-refractivity contribution is 5.83. The summed E-state index contributed by atoms with van der Waals surface area (Å²) in [6.07, 6.45) is 1.49. The first-order chi connectivity index (χ1) is 8.04. The molecule has 2 N–H and O–H groups in total. The largest absolute Gasteiger partial charge is 0.504 e. The third-order valence-electron chi connectivity index (χ3n) is 2.12. The van der Waals surface area contributed by atoms with Crippen molar-refractivity contribution in [2.45, 2.75) is 13.8 Å². The van der Waals surface area contributed by atoms with E-state index in [1.807, 2.05) is 0 Å². The van der Waals surface area contributed by atoms with Crippen LogP contribution in [0, 0.1) is 5.92 Å². The van der Waals surface area contributed by atoms with Crippen LogP contribution in [0.5, 0.6) is 11.5 Å². The van der Waals surface area contributed by atoms with Crippen LogP contribution in [0.3, 0.4) is 0 Å². The number of aromatic hydroxyl groups is 1. The molecule has 0 aliphatic heterocycles. The Morgan fingerprint density at radius 1 is 1.53 bits per heavy atom. The predicted molar refractivity (Wildman–Crippen MR) is 65.2 cm³/mol. The third-order valence-corrected chi connectivity index (χ3v) is 2.12. The molecule has 5 heteroatoms. The first-order valence-corrected chi connectivity index (χ1v) is 5.24. The fraction of sp³-hybridized carbons (Fsp3) is 0.333. The van der Waals surface area contributed by atoms with E-state index < -0.39 is 0 Å². The number of carbonyl (C=O) groups excluding carboxylic acids is 1. The van der Waals surface area contributed by atoms with Gasteiger partial charge in [-0.2, -0.15) is 5.10 Å². The summed E-state index contributed by atoms with van der Waals surface area (Å²) in [5.41, 5.74) is 3.14. The summed E-state index contributed by atoms with van der Waals surface area (Å²) in [6, 6.07) is 4.80. The number of rotatable bonds is 4. The molecular formula is C12H16N2O3. The van der Waals surface area contributed by atoms with E-state index in [2.05, 4.69) is 10.5 Å². The van der Waals surface area contributed by atoms with Crippen LogP contribution in [-0.4, -0.2) is 24.3 Å². The molecule has 0 saturated carbocycles. The Balaban J connectivity index is 2.69. The van der Waals surface area contributed by atoms with Gasteiger partial charge in [0, 0.05) is 5.92 Å². The molecule has 0 aliphatic rings. The molecule has 0 spiro atoms. The van der Waals surface area contributed by atoms with E-state index in [1.165, 1.54) is 19.4 Å². The minimum atomic E-state index is -0.146. The van der Waals surface area contributed by atoms with Crippen LogP contribution in [-0.2, 0) is 4.79 Å². The third kappa shape index (κ3) is 3.79. The van der Waals surface area contributed by atoms with Gasteiger partial charge in [-0.1, -0.05) is 13.8 Å². The number of ether oxygens (including phenoxy) is 1. The topological polar surface area (TPSA) is 70.9 Å². The zero-order valence-corrected chi connectivity index (χ0v) is 10.1. The summed E-state index contributed by atoms with van der Waals surface area (Å²) in [4.78, 5) is 11.2. The zero-order valence-electron chi connectivity index (χ0n) is 10.1. The second-order valence-electron chi connectivity index (χ2n) is 3.82. The summed E-state index contributed by atoms with van der Waals surface area (Å²) < 4.78 is 4.95. The van der Waals surface area contributed by atoms with Gasteiger partial charge in [0.25, 0.3) is 0 Å². The van der Waals surface area contributed by atoms with Gasteiger partial charge in [-0.25, -0.2) is 5.43 Å². The van der Waals surface area contributed by atoms with E-state index in [0.29, 0.717) is 5.75 Å². The molecule has 0 saturated heterocycles. The number of nitrogens with zero attached hydrogens (tertiary/aromatic N) is 1. The summed E-state index contributed by atoms with van der Waals surface area (Å²) in [7, 11) is 1.47. The molecule has 1 aromatic rings. The lowest BCUT2D eigenvalue weighted by Crippen LogP contribution is -2.22.